The van der Waals surface area contributed by atoms with Gasteiger partial charge in [0.25, 0.3) is 5.91 Å². The van der Waals surface area contributed by atoms with E-state index in [4.69, 9.17) is 26.2 Å². The number of benzene rings is 1. The van der Waals surface area contributed by atoms with Crippen LogP contribution in [-0.4, -0.2) is 16.1 Å². The van der Waals surface area contributed by atoms with Crippen molar-refractivity contribution in [2.24, 2.45) is 0 Å². The zero-order valence-corrected chi connectivity index (χ0v) is 13.3. The van der Waals surface area contributed by atoms with Crippen LogP contribution >= 0.6 is 12.2 Å². The van der Waals surface area contributed by atoms with Gasteiger partial charge in [-0.05, 0) is 60.7 Å². The van der Waals surface area contributed by atoms with Gasteiger partial charge in [-0.2, -0.15) is 0 Å². The molecule has 0 fully saturated rings. The number of hydrogen-bond acceptors (Lipinski definition) is 5. The molecule has 0 aliphatic rings. The third-order valence-electron chi connectivity index (χ3n) is 3.22. The van der Waals surface area contributed by atoms with Crippen LogP contribution in [0.1, 0.15) is 16.3 Å². The Morgan fingerprint density at radius 3 is 2.54 bits per heavy atom. The lowest BCUT2D eigenvalue weighted by atomic mass is 10.1. The van der Waals surface area contributed by atoms with E-state index in [9.17, 15) is 4.79 Å². The predicted molar refractivity (Wildman–Crippen MR) is 92.5 cm³/mol. The Kier molecular flexibility index (Phi) is 4.74. The largest absolute Gasteiger partial charge is 0.459 e. The lowest BCUT2D eigenvalue weighted by Crippen LogP contribution is -2.33. The van der Waals surface area contributed by atoms with Crippen molar-refractivity contribution in [1.82, 2.24) is 5.32 Å². The Bertz CT molecular complexity index is 838. The Hall–Kier alpha value is -2.90. The van der Waals surface area contributed by atoms with Gasteiger partial charge in [-0.1, -0.05) is 0 Å². The summed E-state index contributed by atoms with van der Waals surface area (Å²) in [7, 11) is 0. The zero-order chi connectivity index (χ0) is 16.9. The molecule has 3 N–H and O–H groups in total. The molecule has 6 nitrogen and oxygen atoms in total. The van der Waals surface area contributed by atoms with Crippen molar-refractivity contribution in [2.45, 2.75) is 6.61 Å². The van der Waals surface area contributed by atoms with Crippen molar-refractivity contribution in [3.63, 3.8) is 0 Å². The topological polar surface area (TPSA) is 87.6 Å². The highest BCUT2D eigenvalue weighted by Gasteiger charge is 2.10. The normalized spacial score (nSPS) is 10.4. The Labute approximate surface area is 143 Å². The standard InChI is InChI=1S/C17H14N2O4S/c20-10-13-7-8-14(23-13)11-3-5-12(6-4-11)18-17(24)19-16(21)15-2-1-9-22-15/h1-9,20H,10H2,(H2,18,19,21,24). The summed E-state index contributed by atoms with van der Waals surface area (Å²) in [6, 6.07) is 14.0. The molecule has 0 aliphatic carbocycles. The quantitative estimate of drug-likeness (QED) is 0.631. The van der Waals surface area contributed by atoms with Crippen molar-refractivity contribution in [3.05, 3.63) is 66.3 Å². The van der Waals surface area contributed by atoms with Gasteiger partial charge in [-0.25, -0.2) is 0 Å². The third kappa shape index (κ3) is 3.70. The lowest BCUT2D eigenvalue weighted by Gasteiger charge is -2.09. The summed E-state index contributed by atoms with van der Waals surface area (Å²) in [4.78, 5) is 11.8. The molecule has 1 amide bonds. The number of carbonyl (C=O) groups is 1. The van der Waals surface area contributed by atoms with Crippen molar-refractivity contribution in [2.75, 3.05) is 5.32 Å². The van der Waals surface area contributed by atoms with Gasteiger partial charge in [0.15, 0.2) is 10.9 Å². The number of aliphatic hydroxyl groups excluding tert-OH is 1. The second-order valence-electron chi connectivity index (χ2n) is 4.89. The van der Waals surface area contributed by atoms with Crippen LogP contribution in [0.25, 0.3) is 11.3 Å². The van der Waals surface area contributed by atoms with Gasteiger partial charge in [0.1, 0.15) is 18.1 Å². The fourth-order valence-corrected chi connectivity index (χ4v) is 2.28. The van der Waals surface area contributed by atoms with Gasteiger partial charge in [0, 0.05) is 11.3 Å². The van der Waals surface area contributed by atoms with Crippen LogP contribution in [0.4, 0.5) is 5.69 Å². The highest BCUT2D eigenvalue weighted by molar-refractivity contribution is 7.80. The summed E-state index contributed by atoms with van der Waals surface area (Å²) < 4.78 is 10.5. The number of aliphatic hydroxyl groups is 1. The molecule has 0 saturated heterocycles. The Morgan fingerprint density at radius 2 is 1.92 bits per heavy atom. The first-order valence-electron chi connectivity index (χ1n) is 7.11. The number of anilines is 1. The number of thiocarbonyl (C=S) groups is 1. The van der Waals surface area contributed by atoms with Gasteiger partial charge in [-0.15, -0.1) is 0 Å². The molecule has 0 unspecified atom stereocenters. The van der Waals surface area contributed by atoms with E-state index >= 15 is 0 Å². The molecule has 0 saturated carbocycles. The minimum absolute atomic E-state index is 0.136. The smallest absolute Gasteiger partial charge is 0.293 e. The van der Waals surface area contributed by atoms with E-state index in [-0.39, 0.29) is 17.5 Å². The van der Waals surface area contributed by atoms with Gasteiger partial charge < -0.3 is 19.3 Å². The maximum absolute atomic E-state index is 11.8. The minimum atomic E-state index is -0.416. The number of amides is 1. The molecule has 0 aliphatic heterocycles. The summed E-state index contributed by atoms with van der Waals surface area (Å²) in [6.45, 7) is -0.136. The van der Waals surface area contributed by atoms with E-state index < -0.39 is 5.91 Å². The molecule has 0 radical (unpaired) electrons. The van der Waals surface area contributed by atoms with E-state index in [1.807, 2.05) is 24.3 Å². The lowest BCUT2D eigenvalue weighted by molar-refractivity contribution is 0.0950. The van der Waals surface area contributed by atoms with Crippen LogP contribution in [0, 0.1) is 0 Å². The van der Waals surface area contributed by atoms with Crippen LogP contribution < -0.4 is 10.6 Å². The molecule has 2 heterocycles. The average Bonchev–Trinajstić information content (AvgIpc) is 3.27. The van der Waals surface area contributed by atoms with E-state index in [1.54, 1.807) is 24.3 Å². The van der Waals surface area contributed by atoms with Gasteiger partial charge >= 0.3 is 0 Å². The molecule has 1 aromatic carbocycles. The van der Waals surface area contributed by atoms with E-state index in [0.29, 0.717) is 11.5 Å². The van der Waals surface area contributed by atoms with Gasteiger partial charge in [0.2, 0.25) is 0 Å². The summed E-state index contributed by atoms with van der Waals surface area (Å²) in [6.07, 6.45) is 1.42. The van der Waals surface area contributed by atoms with E-state index in [0.717, 1.165) is 11.3 Å². The highest BCUT2D eigenvalue weighted by Crippen LogP contribution is 2.23. The molecule has 24 heavy (non-hydrogen) atoms. The molecular weight excluding hydrogens is 328 g/mol. The molecule has 122 valence electrons. The molecule has 2 aromatic heterocycles. The number of furan rings is 2. The molecule has 3 aromatic rings. The predicted octanol–water partition coefficient (Wildman–Crippen LogP) is 3.16. The number of carbonyl (C=O) groups excluding carboxylic acids is 1. The molecule has 7 heteroatoms. The number of hydrogen-bond donors (Lipinski definition) is 3. The van der Waals surface area contributed by atoms with Crippen LogP contribution in [0.15, 0.2) is 63.6 Å². The second kappa shape index (κ2) is 7.12. The third-order valence-corrected chi connectivity index (χ3v) is 3.42. The molecule has 0 atom stereocenters. The van der Waals surface area contributed by atoms with Crippen molar-refractivity contribution in [3.8, 4) is 11.3 Å². The van der Waals surface area contributed by atoms with Crippen LogP contribution in [0.5, 0.6) is 0 Å². The first-order valence-corrected chi connectivity index (χ1v) is 7.52. The Balaban J connectivity index is 1.61. The second-order valence-corrected chi connectivity index (χ2v) is 5.30. The first-order chi connectivity index (χ1) is 11.7. The fourth-order valence-electron chi connectivity index (χ4n) is 2.07. The summed E-state index contributed by atoms with van der Waals surface area (Å²) in [5.74, 6) is 0.946. The summed E-state index contributed by atoms with van der Waals surface area (Å²) >= 11 is 5.10. The number of nitrogens with one attached hydrogen (secondary N) is 2. The molecule has 0 spiro atoms. The van der Waals surface area contributed by atoms with Crippen LogP contribution in [0.3, 0.4) is 0 Å². The molecule has 3 rings (SSSR count). The summed E-state index contributed by atoms with van der Waals surface area (Å²) in [5, 5.41) is 14.6. The maximum Gasteiger partial charge on any atom is 0.293 e. The van der Waals surface area contributed by atoms with Crippen molar-refractivity contribution < 1.29 is 18.7 Å². The highest BCUT2D eigenvalue weighted by atomic mass is 32.1. The first kappa shape index (κ1) is 16.0. The Morgan fingerprint density at radius 1 is 1.12 bits per heavy atom. The van der Waals surface area contributed by atoms with E-state index in [2.05, 4.69) is 10.6 Å². The summed E-state index contributed by atoms with van der Waals surface area (Å²) in [5.41, 5.74) is 1.59. The van der Waals surface area contributed by atoms with Crippen LogP contribution in [-0.2, 0) is 6.61 Å². The van der Waals surface area contributed by atoms with Crippen molar-refractivity contribution >= 4 is 28.9 Å². The van der Waals surface area contributed by atoms with E-state index in [1.165, 1.54) is 6.26 Å². The van der Waals surface area contributed by atoms with Gasteiger partial charge in [0.05, 0.1) is 6.26 Å². The van der Waals surface area contributed by atoms with Crippen molar-refractivity contribution in [1.29, 1.82) is 0 Å². The average molecular weight is 342 g/mol. The monoisotopic (exact) mass is 342 g/mol. The minimum Gasteiger partial charge on any atom is -0.459 e. The maximum atomic E-state index is 11.8. The molecular formula is C17H14N2O4S. The molecule has 0 bridgehead atoms. The number of rotatable bonds is 4. The van der Waals surface area contributed by atoms with Crippen LogP contribution in [0.2, 0.25) is 0 Å². The SMILES string of the molecule is O=C(NC(=S)Nc1ccc(-c2ccc(CO)o2)cc1)c1ccco1. The fraction of sp³-hybridized carbons (Fsp3) is 0.0588. The zero-order valence-electron chi connectivity index (χ0n) is 12.5. The van der Waals surface area contributed by atoms with Gasteiger partial charge in [-0.3, -0.25) is 10.1 Å².